The summed E-state index contributed by atoms with van der Waals surface area (Å²) < 4.78 is 43.6. The van der Waals surface area contributed by atoms with E-state index in [9.17, 15) is 18.0 Å². The van der Waals surface area contributed by atoms with Crippen LogP contribution in [-0.2, 0) is 15.7 Å². The molecule has 0 aromatic heterocycles. The van der Waals surface area contributed by atoms with E-state index in [1.54, 1.807) is 11.8 Å². The first kappa shape index (κ1) is 22.1. The summed E-state index contributed by atoms with van der Waals surface area (Å²) in [6.45, 7) is 6.84. The molecular weight excluding hydrogens is 371 g/mol. The van der Waals surface area contributed by atoms with Crippen molar-refractivity contribution in [3.63, 3.8) is 0 Å². The van der Waals surface area contributed by atoms with Gasteiger partial charge in [0.15, 0.2) is 0 Å². The molecule has 0 saturated carbocycles. The summed E-state index contributed by atoms with van der Waals surface area (Å²) in [5.74, 6) is -0.644. The lowest BCUT2D eigenvalue weighted by atomic mass is 10.2. The number of hydrazone groups is 1. The van der Waals surface area contributed by atoms with Crippen molar-refractivity contribution in [2.75, 3.05) is 25.1 Å². The number of carbonyl (C=O) groups is 1. The molecule has 0 bridgehead atoms. The van der Waals surface area contributed by atoms with Crippen molar-refractivity contribution in [2.45, 2.75) is 39.8 Å². The standard InChI is InChI=1S/C17H23ClF3N3O2/c1-4-9-24(10-5-2)15(16(25)26-6-3)23-22-14-11-12(17(19,20)21)7-8-13(14)18/h7-8,11,22H,4-6,9-10H2,1-3H3/b23-15+. The summed E-state index contributed by atoms with van der Waals surface area (Å²) in [4.78, 5) is 13.9. The molecule has 0 amide bonds. The average molecular weight is 394 g/mol. The molecule has 1 N–H and O–H groups in total. The van der Waals surface area contributed by atoms with Gasteiger partial charge < -0.3 is 9.64 Å². The van der Waals surface area contributed by atoms with Crippen molar-refractivity contribution in [2.24, 2.45) is 5.10 Å². The molecule has 0 radical (unpaired) electrons. The molecule has 1 aromatic rings. The monoisotopic (exact) mass is 393 g/mol. The quantitative estimate of drug-likeness (QED) is 0.314. The summed E-state index contributed by atoms with van der Waals surface area (Å²) >= 11 is 5.94. The molecule has 1 aromatic carbocycles. The van der Waals surface area contributed by atoms with Gasteiger partial charge in [-0.25, -0.2) is 4.79 Å². The molecule has 0 unspecified atom stereocenters. The van der Waals surface area contributed by atoms with E-state index in [-0.39, 0.29) is 23.2 Å². The maximum atomic E-state index is 12.9. The molecule has 0 atom stereocenters. The number of halogens is 4. The Morgan fingerprint density at radius 3 is 2.35 bits per heavy atom. The largest absolute Gasteiger partial charge is 0.460 e. The lowest BCUT2D eigenvalue weighted by Crippen LogP contribution is -2.39. The molecule has 0 aliphatic heterocycles. The molecular formula is C17H23ClF3N3O2. The minimum atomic E-state index is -4.51. The number of nitrogens with zero attached hydrogens (tertiary/aromatic N) is 2. The molecule has 0 aliphatic carbocycles. The highest BCUT2D eigenvalue weighted by Crippen LogP contribution is 2.33. The molecule has 146 valence electrons. The summed E-state index contributed by atoms with van der Waals surface area (Å²) in [5.41, 5.74) is 1.57. The Labute approximate surface area is 156 Å². The number of rotatable bonds is 7. The summed E-state index contributed by atoms with van der Waals surface area (Å²) in [7, 11) is 0. The Hall–Kier alpha value is -1.96. The maximum Gasteiger partial charge on any atom is 0.416 e. The molecule has 1 rings (SSSR count). The zero-order valence-corrected chi connectivity index (χ0v) is 15.7. The van der Waals surface area contributed by atoms with Gasteiger partial charge in [-0.2, -0.15) is 13.2 Å². The van der Waals surface area contributed by atoms with E-state index in [4.69, 9.17) is 16.3 Å². The second-order valence-electron chi connectivity index (χ2n) is 5.45. The first-order valence-electron chi connectivity index (χ1n) is 8.37. The van der Waals surface area contributed by atoms with Crippen molar-refractivity contribution < 1.29 is 22.7 Å². The van der Waals surface area contributed by atoms with Crippen LogP contribution >= 0.6 is 11.6 Å². The summed E-state index contributed by atoms with van der Waals surface area (Å²) in [6, 6.07) is 2.85. The number of hydrogen-bond acceptors (Lipinski definition) is 4. The Morgan fingerprint density at radius 2 is 1.85 bits per heavy atom. The number of hydrogen-bond donors (Lipinski definition) is 1. The number of anilines is 1. The van der Waals surface area contributed by atoms with Crippen LogP contribution in [0.3, 0.4) is 0 Å². The van der Waals surface area contributed by atoms with Gasteiger partial charge in [0.25, 0.3) is 0 Å². The van der Waals surface area contributed by atoms with Crippen LogP contribution in [0.15, 0.2) is 23.3 Å². The second kappa shape index (κ2) is 10.3. The Balaban J connectivity index is 3.18. The molecule has 9 heteroatoms. The third-order valence-electron chi connectivity index (χ3n) is 3.32. The van der Waals surface area contributed by atoms with Crippen molar-refractivity contribution in [3.05, 3.63) is 28.8 Å². The molecule has 26 heavy (non-hydrogen) atoms. The number of esters is 1. The topological polar surface area (TPSA) is 53.9 Å². The minimum absolute atomic E-state index is 0.00373. The van der Waals surface area contributed by atoms with E-state index >= 15 is 0 Å². The first-order chi connectivity index (χ1) is 12.2. The van der Waals surface area contributed by atoms with Crippen LogP contribution in [0.2, 0.25) is 5.02 Å². The van der Waals surface area contributed by atoms with Crippen LogP contribution in [-0.4, -0.2) is 36.4 Å². The Kier molecular flexibility index (Phi) is 8.71. The maximum absolute atomic E-state index is 12.9. The smallest absolute Gasteiger partial charge is 0.416 e. The third-order valence-corrected chi connectivity index (χ3v) is 3.65. The fourth-order valence-electron chi connectivity index (χ4n) is 2.20. The molecule has 0 aliphatic rings. The lowest BCUT2D eigenvalue weighted by molar-refractivity contribution is -0.137. The fraction of sp³-hybridized carbons (Fsp3) is 0.529. The van der Waals surface area contributed by atoms with E-state index in [2.05, 4.69) is 10.5 Å². The van der Waals surface area contributed by atoms with Crippen LogP contribution in [0.5, 0.6) is 0 Å². The van der Waals surface area contributed by atoms with Gasteiger partial charge >= 0.3 is 12.1 Å². The van der Waals surface area contributed by atoms with Gasteiger partial charge in [0, 0.05) is 13.1 Å². The van der Waals surface area contributed by atoms with E-state index in [0.29, 0.717) is 13.1 Å². The number of carbonyl (C=O) groups excluding carboxylic acids is 1. The van der Waals surface area contributed by atoms with E-state index < -0.39 is 17.7 Å². The molecule has 5 nitrogen and oxygen atoms in total. The lowest BCUT2D eigenvalue weighted by Gasteiger charge is -2.23. The second-order valence-corrected chi connectivity index (χ2v) is 5.85. The fourth-order valence-corrected chi connectivity index (χ4v) is 2.36. The van der Waals surface area contributed by atoms with Crippen LogP contribution in [0, 0.1) is 0 Å². The van der Waals surface area contributed by atoms with Crippen LogP contribution in [0.4, 0.5) is 18.9 Å². The highest BCUT2D eigenvalue weighted by Gasteiger charge is 2.31. The van der Waals surface area contributed by atoms with Crippen molar-refractivity contribution in [1.82, 2.24) is 4.90 Å². The minimum Gasteiger partial charge on any atom is -0.460 e. The highest BCUT2D eigenvalue weighted by atomic mass is 35.5. The number of benzene rings is 1. The van der Waals surface area contributed by atoms with Crippen molar-refractivity contribution in [1.29, 1.82) is 0 Å². The first-order valence-corrected chi connectivity index (χ1v) is 8.74. The van der Waals surface area contributed by atoms with E-state index in [0.717, 1.165) is 31.0 Å². The van der Waals surface area contributed by atoms with Crippen molar-refractivity contribution in [3.8, 4) is 0 Å². The predicted octanol–water partition coefficient (Wildman–Crippen LogP) is 4.77. The summed E-state index contributed by atoms with van der Waals surface area (Å²) in [5, 5.41) is 4.06. The van der Waals surface area contributed by atoms with Crippen molar-refractivity contribution >= 4 is 29.1 Å². The van der Waals surface area contributed by atoms with Gasteiger partial charge in [0.2, 0.25) is 5.84 Å². The van der Waals surface area contributed by atoms with Gasteiger partial charge in [0.1, 0.15) is 0 Å². The number of ether oxygens (including phenoxy) is 1. The van der Waals surface area contributed by atoms with Gasteiger partial charge in [-0.05, 0) is 38.0 Å². The number of alkyl halides is 3. The van der Waals surface area contributed by atoms with Gasteiger partial charge in [-0.1, -0.05) is 25.4 Å². The van der Waals surface area contributed by atoms with Gasteiger partial charge in [-0.3, -0.25) is 5.43 Å². The molecule has 0 spiro atoms. The van der Waals surface area contributed by atoms with Crippen LogP contribution < -0.4 is 5.43 Å². The Morgan fingerprint density at radius 1 is 1.23 bits per heavy atom. The molecule has 0 saturated heterocycles. The van der Waals surface area contributed by atoms with Crippen LogP contribution in [0.25, 0.3) is 0 Å². The van der Waals surface area contributed by atoms with E-state index in [1.807, 2.05) is 13.8 Å². The summed E-state index contributed by atoms with van der Waals surface area (Å²) in [6.07, 6.45) is -2.98. The highest BCUT2D eigenvalue weighted by molar-refractivity contribution is 6.35. The third kappa shape index (κ3) is 6.40. The normalized spacial score (nSPS) is 12.0. The van der Waals surface area contributed by atoms with Gasteiger partial charge in [-0.15, -0.1) is 5.10 Å². The zero-order valence-electron chi connectivity index (χ0n) is 15.0. The SMILES string of the molecule is CCCN(CCC)/C(=N/Nc1cc(C(F)(F)F)ccc1Cl)C(=O)OCC. The molecule has 0 heterocycles. The predicted molar refractivity (Wildman–Crippen MR) is 96.3 cm³/mol. The number of amidine groups is 1. The number of nitrogens with one attached hydrogen (secondary N) is 1. The van der Waals surface area contributed by atoms with E-state index in [1.165, 1.54) is 0 Å². The van der Waals surface area contributed by atoms with Gasteiger partial charge in [0.05, 0.1) is 22.9 Å². The molecule has 0 fully saturated rings. The Bertz CT molecular complexity index is 630. The van der Waals surface area contributed by atoms with Crippen LogP contribution in [0.1, 0.15) is 39.2 Å². The zero-order chi connectivity index (χ0) is 19.7. The average Bonchev–Trinajstić information content (AvgIpc) is 2.56.